The molecule has 0 aromatic heterocycles. The van der Waals surface area contributed by atoms with Gasteiger partial charge in [0.15, 0.2) is 0 Å². The first-order valence-electron chi connectivity index (χ1n) is 10.2. The fourth-order valence-electron chi connectivity index (χ4n) is 4.43. The van der Waals surface area contributed by atoms with Gasteiger partial charge in [-0.3, -0.25) is 0 Å². The summed E-state index contributed by atoms with van der Waals surface area (Å²) in [5.74, 6) is -0.103. The smallest absolute Gasteiger partial charge is 0.261 e. The highest BCUT2D eigenvalue weighted by atomic mass is 28.4. The predicted octanol–water partition coefficient (Wildman–Crippen LogP) is 3.45. The third-order valence-corrected chi connectivity index (χ3v) is 10.9. The Morgan fingerprint density at radius 2 is 1.66 bits per heavy atom. The molecule has 5 heteroatoms. The van der Waals surface area contributed by atoms with Gasteiger partial charge in [0, 0.05) is 12.3 Å². The molecule has 1 aliphatic rings. The molecule has 152 valence electrons. The highest BCUT2D eigenvalue weighted by Gasteiger charge is 2.53. The van der Waals surface area contributed by atoms with E-state index < -0.39 is 14.4 Å². The second-order valence-electron chi connectivity index (χ2n) is 8.61. The molecule has 4 nitrogen and oxygen atoms in total. The van der Waals surface area contributed by atoms with Crippen LogP contribution in [-0.2, 0) is 14.0 Å². The first-order chi connectivity index (χ1) is 13.9. The lowest BCUT2D eigenvalue weighted by molar-refractivity contribution is -0.117. The zero-order valence-corrected chi connectivity index (χ0v) is 18.4. The van der Waals surface area contributed by atoms with E-state index in [1.165, 1.54) is 10.4 Å². The van der Waals surface area contributed by atoms with E-state index in [0.29, 0.717) is 19.4 Å². The van der Waals surface area contributed by atoms with Crippen LogP contribution < -0.4 is 10.4 Å². The highest BCUT2D eigenvalue weighted by Crippen LogP contribution is 2.40. The molecule has 0 amide bonds. The monoisotopic (exact) mass is 407 g/mol. The van der Waals surface area contributed by atoms with Gasteiger partial charge in [-0.2, -0.15) is 5.26 Å². The Labute approximate surface area is 174 Å². The molecule has 1 aliphatic heterocycles. The van der Waals surface area contributed by atoms with Crippen LogP contribution in [0.25, 0.3) is 0 Å². The van der Waals surface area contributed by atoms with Crippen molar-refractivity contribution >= 4 is 25.0 Å². The summed E-state index contributed by atoms with van der Waals surface area (Å²) in [5.41, 5.74) is 0. The minimum Gasteiger partial charge on any atom is -0.402 e. The van der Waals surface area contributed by atoms with Crippen molar-refractivity contribution in [3.05, 3.63) is 60.7 Å². The number of nitrogens with zero attached hydrogens (tertiary/aromatic N) is 1. The Morgan fingerprint density at radius 1 is 1.10 bits per heavy atom. The Balaban J connectivity index is 2.11. The third-order valence-electron chi connectivity index (χ3n) is 5.82. The third kappa shape index (κ3) is 4.20. The number of hydrogen-bond donors (Lipinski definition) is 0. The van der Waals surface area contributed by atoms with Crippen molar-refractivity contribution in [2.24, 2.45) is 5.92 Å². The fraction of sp³-hybridized carbons (Fsp3) is 0.417. The molecule has 29 heavy (non-hydrogen) atoms. The summed E-state index contributed by atoms with van der Waals surface area (Å²) in [5, 5.41) is 11.3. The largest absolute Gasteiger partial charge is 0.402 e. The van der Waals surface area contributed by atoms with Crippen molar-refractivity contribution in [2.75, 3.05) is 6.61 Å². The summed E-state index contributed by atoms with van der Waals surface area (Å²) in [6.45, 7) is 7.08. The summed E-state index contributed by atoms with van der Waals surface area (Å²) in [6, 6.07) is 23.1. The molecule has 1 saturated heterocycles. The van der Waals surface area contributed by atoms with E-state index >= 15 is 0 Å². The maximum Gasteiger partial charge on any atom is 0.261 e. The molecule has 1 heterocycles. The number of hydrogen-bond acceptors (Lipinski definition) is 4. The lowest BCUT2D eigenvalue weighted by Crippen LogP contribution is -2.68. The number of aldehydes is 1. The standard InChI is InChI=1S/C24H29NO3Si/c1-24(2,3)29(19-11-6-4-7-12-19,20-13-8-5-9-14-20)28-23-18-27-22(17-26)21(23)15-10-16-25/h4-9,11-14,17,21-23H,10,15,18H2,1-3H3/t21-,22-,23+/m1/s1. The van der Waals surface area contributed by atoms with Gasteiger partial charge in [-0.15, -0.1) is 0 Å². The quantitative estimate of drug-likeness (QED) is 0.521. The van der Waals surface area contributed by atoms with Gasteiger partial charge >= 0.3 is 0 Å². The van der Waals surface area contributed by atoms with E-state index in [1.807, 2.05) is 12.1 Å². The SMILES string of the molecule is CC(C)(C)[Si](O[C@H]1CO[C@H](C=O)[C@H]1CCC#N)(c1ccccc1)c1ccccc1. The molecular weight excluding hydrogens is 378 g/mol. The van der Waals surface area contributed by atoms with Gasteiger partial charge in [-0.05, 0) is 21.8 Å². The zero-order chi connectivity index (χ0) is 20.9. The summed E-state index contributed by atoms with van der Waals surface area (Å²) in [7, 11) is -2.72. The molecule has 0 spiro atoms. The molecule has 1 fully saturated rings. The predicted molar refractivity (Wildman–Crippen MR) is 117 cm³/mol. The van der Waals surface area contributed by atoms with Gasteiger partial charge in [-0.1, -0.05) is 81.4 Å². The van der Waals surface area contributed by atoms with Crippen LogP contribution in [0.5, 0.6) is 0 Å². The van der Waals surface area contributed by atoms with Crippen LogP contribution in [0.2, 0.25) is 5.04 Å². The van der Waals surface area contributed by atoms with Gasteiger partial charge in [0.2, 0.25) is 0 Å². The van der Waals surface area contributed by atoms with Gasteiger partial charge in [0.25, 0.3) is 8.32 Å². The van der Waals surface area contributed by atoms with Crippen molar-refractivity contribution in [1.82, 2.24) is 0 Å². The maximum atomic E-state index is 11.6. The van der Waals surface area contributed by atoms with Gasteiger partial charge in [0.05, 0.1) is 18.8 Å². The summed E-state index contributed by atoms with van der Waals surface area (Å²) in [6.07, 6.45) is 1.12. The number of nitriles is 1. The van der Waals surface area contributed by atoms with Gasteiger partial charge < -0.3 is 14.0 Å². The van der Waals surface area contributed by atoms with Crippen LogP contribution in [0.15, 0.2) is 60.7 Å². The number of carbonyl (C=O) groups excluding carboxylic acids is 1. The van der Waals surface area contributed by atoms with E-state index in [0.717, 1.165) is 6.29 Å². The number of carbonyl (C=O) groups is 1. The van der Waals surface area contributed by atoms with Crippen LogP contribution >= 0.6 is 0 Å². The van der Waals surface area contributed by atoms with E-state index in [9.17, 15) is 4.79 Å². The normalized spacial score (nSPS) is 22.2. The van der Waals surface area contributed by atoms with E-state index in [4.69, 9.17) is 14.4 Å². The van der Waals surface area contributed by atoms with Crippen molar-refractivity contribution in [3.8, 4) is 6.07 Å². The minimum atomic E-state index is -2.72. The average molecular weight is 408 g/mol. The van der Waals surface area contributed by atoms with Crippen molar-refractivity contribution in [1.29, 1.82) is 5.26 Å². The van der Waals surface area contributed by atoms with Crippen LogP contribution in [0.1, 0.15) is 33.6 Å². The van der Waals surface area contributed by atoms with Crippen molar-refractivity contribution in [3.63, 3.8) is 0 Å². The molecule has 0 N–H and O–H groups in total. The first kappa shape index (κ1) is 21.4. The highest BCUT2D eigenvalue weighted by molar-refractivity contribution is 6.99. The molecule has 2 aromatic rings. The zero-order valence-electron chi connectivity index (χ0n) is 17.4. The maximum absolute atomic E-state index is 11.6. The van der Waals surface area contributed by atoms with Crippen LogP contribution in [-0.4, -0.2) is 33.4 Å². The Hall–Kier alpha value is -2.26. The molecule has 0 saturated carbocycles. The molecule has 0 bridgehead atoms. The Bertz CT molecular complexity index is 802. The summed E-state index contributed by atoms with van der Waals surface area (Å²) < 4.78 is 12.9. The topological polar surface area (TPSA) is 59.3 Å². The molecule has 3 atom stereocenters. The van der Waals surface area contributed by atoms with Gasteiger partial charge in [-0.25, -0.2) is 0 Å². The number of ether oxygens (including phenoxy) is 1. The molecule has 0 aliphatic carbocycles. The van der Waals surface area contributed by atoms with Crippen molar-refractivity contribution in [2.45, 2.75) is 50.9 Å². The lowest BCUT2D eigenvalue weighted by Gasteiger charge is -2.45. The van der Waals surface area contributed by atoms with E-state index in [-0.39, 0.29) is 17.1 Å². The summed E-state index contributed by atoms with van der Waals surface area (Å²) in [4.78, 5) is 11.6. The second kappa shape index (κ2) is 9.04. The lowest BCUT2D eigenvalue weighted by atomic mass is 9.95. The van der Waals surface area contributed by atoms with E-state index in [1.54, 1.807) is 0 Å². The molecule has 2 aromatic carbocycles. The molecular formula is C24H29NO3Si. The average Bonchev–Trinajstić information content (AvgIpc) is 3.12. The number of rotatable bonds is 7. The van der Waals surface area contributed by atoms with Gasteiger partial charge in [0.1, 0.15) is 12.4 Å². The molecule has 0 unspecified atom stereocenters. The van der Waals surface area contributed by atoms with Crippen molar-refractivity contribution < 1.29 is 14.0 Å². The van der Waals surface area contributed by atoms with Crippen LogP contribution in [0, 0.1) is 17.2 Å². The fourth-order valence-corrected chi connectivity index (χ4v) is 9.14. The number of benzene rings is 2. The minimum absolute atomic E-state index is 0.103. The van der Waals surface area contributed by atoms with E-state index in [2.05, 4.69) is 75.4 Å². The second-order valence-corrected chi connectivity index (χ2v) is 12.9. The van der Waals surface area contributed by atoms with Crippen LogP contribution in [0.3, 0.4) is 0 Å². The summed E-state index contributed by atoms with van der Waals surface area (Å²) >= 11 is 0. The van der Waals surface area contributed by atoms with Crippen LogP contribution in [0.4, 0.5) is 0 Å². The Kier molecular flexibility index (Phi) is 6.69. The first-order valence-corrected chi connectivity index (χ1v) is 12.1. The molecule has 0 radical (unpaired) electrons. The Morgan fingerprint density at radius 3 is 2.10 bits per heavy atom. The molecule has 3 rings (SSSR count).